The van der Waals surface area contributed by atoms with E-state index in [-0.39, 0.29) is 18.0 Å². The molecular weight excluding hydrogens is 248 g/mol. The van der Waals surface area contributed by atoms with E-state index in [9.17, 15) is 9.59 Å². The molecule has 0 bridgehead atoms. The first-order valence-corrected chi connectivity index (χ1v) is 6.09. The molecule has 1 aromatic heterocycles. The Morgan fingerprint density at radius 3 is 3.00 bits per heavy atom. The Hall–Kier alpha value is -2.38. The van der Waals surface area contributed by atoms with Crippen molar-refractivity contribution < 1.29 is 9.59 Å². The number of urea groups is 2. The number of imide groups is 1. The molecule has 0 unspecified atom stereocenters. The summed E-state index contributed by atoms with van der Waals surface area (Å²) in [5, 5.41) is 2.61. The standard InChI is InChI=1S/C11H14N6O2/c12-9-14-5-7-1-3-16(6-8(7)15-9)11(19)17-4-2-13-10(17)18/h5H,1-4,6H2,(H,13,18)(H2,12,14,15). The third kappa shape index (κ3) is 2.05. The average molecular weight is 262 g/mol. The van der Waals surface area contributed by atoms with E-state index in [2.05, 4.69) is 15.3 Å². The van der Waals surface area contributed by atoms with Crippen molar-refractivity contribution in [1.29, 1.82) is 0 Å². The molecule has 0 radical (unpaired) electrons. The van der Waals surface area contributed by atoms with E-state index in [0.29, 0.717) is 32.6 Å². The number of fused-ring (bicyclic) bond motifs is 1. The lowest BCUT2D eigenvalue weighted by molar-refractivity contribution is 0.158. The first-order valence-electron chi connectivity index (χ1n) is 6.09. The minimum absolute atomic E-state index is 0.201. The number of hydrogen-bond donors (Lipinski definition) is 2. The highest BCUT2D eigenvalue weighted by atomic mass is 16.2. The molecule has 1 aromatic rings. The van der Waals surface area contributed by atoms with Gasteiger partial charge in [-0.2, -0.15) is 0 Å². The molecule has 3 N–H and O–H groups in total. The molecule has 2 aliphatic rings. The van der Waals surface area contributed by atoms with Crippen LogP contribution in [0.4, 0.5) is 15.5 Å². The van der Waals surface area contributed by atoms with Gasteiger partial charge in [0.15, 0.2) is 0 Å². The minimum atomic E-state index is -0.335. The predicted octanol–water partition coefficient (Wildman–Crippen LogP) is -0.438. The van der Waals surface area contributed by atoms with Crippen molar-refractivity contribution in [2.45, 2.75) is 13.0 Å². The zero-order valence-corrected chi connectivity index (χ0v) is 10.3. The Labute approximate surface area is 109 Å². The van der Waals surface area contributed by atoms with Crippen molar-refractivity contribution in [1.82, 2.24) is 25.1 Å². The number of anilines is 1. The van der Waals surface area contributed by atoms with Crippen LogP contribution in [0.2, 0.25) is 0 Å². The van der Waals surface area contributed by atoms with Crippen molar-refractivity contribution in [3.8, 4) is 0 Å². The van der Waals surface area contributed by atoms with E-state index in [1.54, 1.807) is 11.1 Å². The molecule has 3 rings (SSSR count). The Bertz CT molecular complexity index is 546. The molecule has 19 heavy (non-hydrogen) atoms. The number of amides is 4. The van der Waals surface area contributed by atoms with Crippen LogP contribution in [0.1, 0.15) is 11.3 Å². The number of carbonyl (C=O) groups is 2. The summed E-state index contributed by atoms with van der Waals surface area (Å²) in [5.74, 6) is 0.201. The SMILES string of the molecule is Nc1ncc2c(n1)CN(C(=O)N1CCNC1=O)CC2. The quantitative estimate of drug-likeness (QED) is 0.659. The molecule has 3 heterocycles. The topological polar surface area (TPSA) is 104 Å². The van der Waals surface area contributed by atoms with Gasteiger partial charge in [0, 0.05) is 25.8 Å². The molecule has 0 saturated carbocycles. The van der Waals surface area contributed by atoms with E-state index in [4.69, 9.17) is 5.73 Å². The van der Waals surface area contributed by atoms with E-state index in [1.807, 2.05) is 0 Å². The number of nitrogen functional groups attached to an aromatic ring is 1. The van der Waals surface area contributed by atoms with Gasteiger partial charge in [-0.1, -0.05) is 0 Å². The van der Waals surface area contributed by atoms with Crippen molar-refractivity contribution in [2.75, 3.05) is 25.4 Å². The lowest BCUT2D eigenvalue weighted by Crippen LogP contribution is -2.46. The smallest absolute Gasteiger partial charge is 0.328 e. The van der Waals surface area contributed by atoms with Crippen LogP contribution >= 0.6 is 0 Å². The van der Waals surface area contributed by atoms with E-state index in [0.717, 1.165) is 11.3 Å². The van der Waals surface area contributed by atoms with Crippen LogP contribution in [0.3, 0.4) is 0 Å². The third-order valence-electron chi connectivity index (χ3n) is 3.32. The van der Waals surface area contributed by atoms with Gasteiger partial charge in [-0.3, -0.25) is 0 Å². The molecule has 1 fully saturated rings. The second-order valence-corrected chi connectivity index (χ2v) is 4.54. The number of nitrogens with two attached hydrogens (primary N) is 1. The van der Waals surface area contributed by atoms with E-state index >= 15 is 0 Å². The summed E-state index contributed by atoms with van der Waals surface area (Å²) in [4.78, 5) is 34.6. The van der Waals surface area contributed by atoms with Crippen molar-refractivity contribution in [3.05, 3.63) is 17.5 Å². The van der Waals surface area contributed by atoms with Crippen LogP contribution in [-0.2, 0) is 13.0 Å². The fourth-order valence-corrected chi connectivity index (χ4v) is 2.31. The van der Waals surface area contributed by atoms with Crippen molar-refractivity contribution >= 4 is 18.0 Å². The van der Waals surface area contributed by atoms with Gasteiger partial charge in [0.05, 0.1) is 12.2 Å². The lowest BCUT2D eigenvalue weighted by Gasteiger charge is -2.30. The number of aromatic nitrogens is 2. The van der Waals surface area contributed by atoms with Gasteiger partial charge in [0.25, 0.3) is 0 Å². The van der Waals surface area contributed by atoms with Crippen LogP contribution in [0.25, 0.3) is 0 Å². The average Bonchev–Trinajstić information content (AvgIpc) is 2.83. The molecule has 0 aromatic carbocycles. The number of hydrogen-bond acceptors (Lipinski definition) is 5. The van der Waals surface area contributed by atoms with Gasteiger partial charge in [-0.25, -0.2) is 24.5 Å². The molecule has 4 amide bonds. The van der Waals surface area contributed by atoms with Crippen molar-refractivity contribution in [3.63, 3.8) is 0 Å². The summed E-state index contributed by atoms with van der Waals surface area (Å²) in [6.07, 6.45) is 2.37. The molecule has 100 valence electrons. The summed E-state index contributed by atoms with van der Waals surface area (Å²) in [7, 11) is 0. The highest BCUT2D eigenvalue weighted by Crippen LogP contribution is 2.18. The largest absolute Gasteiger partial charge is 0.368 e. The number of rotatable bonds is 0. The van der Waals surface area contributed by atoms with Gasteiger partial charge in [0.2, 0.25) is 5.95 Å². The number of carbonyl (C=O) groups excluding carboxylic acids is 2. The van der Waals surface area contributed by atoms with Crippen LogP contribution in [0.15, 0.2) is 6.20 Å². The van der Waals surface area contributed by atoms with Crippen LogP contribution < -0.4 is 11.1 Å². The minimum Gasteiger partial charge on any atom is -0.368 e. The first-order chi connectivity index (χ1) is 9.15. The Morgan fingerprint density at radius 2 is 2.26 bits per heavy atom. The molecule has 1 saturated heterocycles. The fourth-order valence-electron chi connectivity index (χ4n) is 2.31. The maximum absolute atomic E-state index is 12.2. The molecule has 0 spiro atoms. The van der Waals surface area contributed by atoms with Crippen LogP contribution in [-0.4, -0.2) is 51.5 Å². The summed E-state index contributed by atoms with van der Waals surface area (Å²) < 4.78 is 0. The van der Waals surface area contributed by atoms with Gasteiger partial charge in [-0.15, -0.1) is 0 Å². The van der Waals surface area contributed by atoms with Crippen molar-refractivity contribution in [2.24, 2.45) is 0 Å². The molecular formula is C11H14N6O2. The molecule has 0 atom stereocenters. The van der Waals surface area contributed by atoms with Gasteiger partial charge < -0.3 is 16.0 Å². The number of nitrogens with one attached hydrogen (secondary N) is 1. The fraction of sp³-hybridized carbons (Fsp3) is 0.455. The second kappa shape index (κ2) is 4.38. The second-order valence-electron chi connectivity index (χ2n) is 4.54. The zero-order valence-electron chi connectivity index (χ0n) is 10.3. The van der Waals surface area contributed by atoms with E-state index < -0.39 is 0 Å². The molecule has 0 aliphatic carbocycles. The normalized spacial score (nSPS) is 18.2. The lowest BCUT2D eigenvalue weighted by atomic mass is 10.1. The monoisotopic (exact) mass is 262 g/mol. The van der Waals surface area contributed by atoms with Gasteiger partial charge in [0.1, 0.15) is 0 Å². The van der Waals surface area contributed by atoms with Gasteiger partial charge in [-0.05, 0) is 12.0 Å². The summed E-state index contributed by atoms with van der Waals surface area (Å²) >= 11 is 0. The highest BCUT2D eigenvalue weighted by molar-refractivity contribution is 5.95. The third-order valence-corrected chi connectivity index (χ3v) is 3.32. The Kier molecular flexibility index (Phi) is 2.69. The zero-order chi connectivity index (χ0) is 13.4. The molecule has 8 heteroatoms. The first kappa shape index (κ1) is 11.7. The Balaban J connectivity index is 1.78. The maximum Gasteiger partial charge on any atom is 0.328 e. The Morgan fingerprint density at radius 1 is 1.42 bits per heavy atom. The van der Waals surface area contributed by atoms with E-state index in [1.165, 1.54) is 4.90 Å². The predicted molar refractivity (Wildman–Crippen MR) is 66.1 cm³/mol. The van der Waals surface area contributed by atoms with Crippen LogP contribution in [0.5, 0.6) is 0 Å². The molecule has 2 aliphatic heterocycles. The number of nitrogens with zero attached hydrogens (tertiary/aromatic N) is 4. The molecule has 8 nitrogen and oxygen atoms in total. The maximum atomic E-state index is 12.2. The van der Waals surface area contributed by atoms with Crippen LogP contribution in [0, 0.1) is 0 Å². The summed E-state index contributed by atoms with van der Waals surface area (Å²) in [5.41, 5.74) is 7.31. The highest BCUT2D eigenvalue weighted by Gasteiger charge is 2.32. The summed E-state index contributed by atoms with van der Waals surface area (Å²) in [6.45, 7) is 1.84. The summed E-state index contributed by atoms with van der Waals surface area (Å²) in [6, 6.07) is -0.615. The van der Waals surface area contributed by atoms with Gasteiger partial charge >= 0.3 is 12.1 Å².